The maximum atomic E-state index is 13.6. The summed E-state index contributed by atoms with van der Waals surface area (Å²) in [5, 5.41) is 3.88. The average Bonchev–Trinajstić information content (AvgIpc) is 2.92. The summed E-state index contributed by atoms with van der Waals surface area (Å²) in [6.45, 7) is 5.53. The molecule has 0 bridgehead atoms. The van der Waals surface area contributed by atoms with Crippen LogP contribution in [0.1, 0.15) is 56.3 Å². The molecular weight excluding hydrogens is 392 g/mol. The number of nitrogens with zero attached hydrogens (tertiary/aromatic N) is 2. The van der Waals surface area contributed by atoms with Gasteiger partial charge in [0.2, 0.25) is 6.29 Å². The molecule has 1 radical (unpaired) electrons. The van der Waals surface area contributed by atoms with E-state index in [0.717, 1.165) is 55.2 Å². The van der Waals surface area contributed by atoms with Gasteiger partial charge in [-0.15, -0.1) is 0 Å². The molecule has 2 atom stereocenters. The van der Waals surface area contributed by atoms with Crippen LogP contribution in [0.25, 0.3) is 10.9 Å². The van der Waals surface area contributed by atoms with Crippen LogP contribution in [0.2, 0.25) is 0 Å². The van der Waals surface area contributed by atoms with Crippen molar-refractivity contribution in [1.29, 1.82) is 0 Å². The van der Waals surface area contributed by atoms with Gasteiger partial charge in [-0.25, -0.2) is 4.79 Å². The molecule has 7 heteroatoms. The van der Waals surface area contributed by atoms with Gasteiger partial charge in [0, 0.05) is 24.7 Å². The minimum absolute atomic E-state index is 0.171. The van der Waals surface area contributed by atoms with E-state index in [1.54, 1.807) is 17.1 Å². The maximum absolute atomic E-state index is 13.6. The number of carbonyl (C=O) groups excluding carboxylic acids is 3. The zero-order chi connectivity index (χ0) is 22.4. The summed E-state index contributed by atoms with van der Waals surface area (Å²) in [4.78, 5) is 39.3. The average molecular weight is 426 g/mol. The zero-order valence-corrected chi connectivity index (χ0v) is 18.5. The van der Waals surface area contributed by atoms with Crippen LogP contribution in [0, 0.1) is 5.92 Å². The van der Waals surface area contributed by atoms with E-state index in [4.69, 9.17) is 5.73 Å². The van der Waals surface area contributed by atoms with Crippen molar-refractivity contribution in [3.8, 4) is 0 Å². The summed E-state index contributed by atoms with van der Waals surface area (Å²) in [6.07, 6.45) is 8.66. The molecule has 1 fully saturated rings. The van der Waals surface area contributed by atoms with Gasteiger partial charge in [-0.1, -0.05) is 44.9 Å². The van der Waals surface area contributed by atoms with Gasteiger partial charge in [-0.2, -0.15) is 0 Å². The fourth-order valence-corrected chi connectivity index (χ4v) is 4.25. The molecule has 3 rings (SSSR count). The first-order valence-corrected chi connectivity index (χ1v) is 11.2. The number of benzene rings is 1. The van der Waals surface area contributed by atoms with E-state index in [9.17, 15) is 14.4 Å². The van der Waals surface area contributed by atoms with E-state index >= 15 is 0 Å². The Labute approximate surface area is 183 Å². The number of hydrogen-bond donors (Lipinski definition) is 2. The van der Waals surface area contributed by atoms with Crippen molar-refractivity contribution in [3.63, 3.8) is 0 Å². The molecule has 3 N–H and O–H groups in total. The number of rotatable bonds is 7. The van der Waals surface area contributed by atoms with Gasteiger partial charge in [0.15, 0.2) is 0 Å². The second-order valence-corrected chi connectivity index (χ2v) is 8.84. The van der Waals surface area contributed by atoms with Crippen molar-refractivity contribution < 1.29 is 14.4 Å². The lowest BCUT2D eigenvalue weighted by Crippen LogP contribution is -2.49. The van der Waals surface area contributed by atoms with Crippen molar-refractivity contribution in [2.24, 2.45) is 11.7 Å². The Morgan fingerprint density at radius 1 is 1.13 bits per heavy atom. The lowest BCUT2D eigenvalue weighted by Gasteiger charge is -2.26. The topological polar surface area (TPSA) is 97.4 Å². The van der Waals surface area contributed by atoms with Gasteiger partial charge in [-0.05, 0) is 43.2 Å². The number of hydrogen-bond acceptors (Lipinski definition) is 4. The van der Waals surface area contributed by atoms with Crippen LogP contribution in [-0.4, -0.2) is 52.9 Å². The van der Waals surface area contributed by atoms with E-state index < -0.39 is 12.1 Å². The second-order valence-electron chi connectivity index (χ2n) is 8.84. The van der Waals surface area contributed by atoms with Gasteiger partial charge in [0.05, 0.1) is 11.6 Å². The van der Waals surface area contributed by atoms with Gasteiger partial charge >= 0.3 is 6.03 Å². The number of carbonyl (C=O) groups is 2. The van der Waals surface area contributed by atoms with Crippen LogP contribution in [-0.2, 0) is 11.2 Å². The van der Waals surface area contributed by atoms with Crippen LogP contribution in [0.3, 0.4) is 0 Å². The molecule has 2 aromatic rings. The van der Waals surface area contributed by atoms with Gasteiger partial charge < -0.3 is 16.0 Å². The lowest BCUT2D eigenvalue weighted by atomic mass is 10.0. The summed E-state index contributed by atoms with van der Waals surface area (Å²) in [7, 11) is 0. The van der Waals surface area contributed by atoms with Gasteiger partial charge in [0.25, 0.3) is 5.91 Å². The Kier molecular flexibility index (Phi) is 7.85. The third-order valence-electron chi connectivity index (χ3n) is 5.82. The van der Waals surface area contributed by atoms with Crippen LogP contribution in [0.5, 0.6) is 0 Å². The minimum atomic E-state index is -0.747. The second kappa shape index (κ2) is 10.6. The number of likely N-dealkylation sites (tertiary alicyclic amines) is 1. The minimum Gasteiger partial charge on any atom is -0.326 e. The Hall–Kier alpha value is -2.67. The molecule has 0 spiro atoms. The van der Waals surface area contributed by atoms with Gasteiger partial charge in [-0.3, -0.25) is 14.2 Å². The molecule has 1 aliphatic rings. The molecule has 2 heterocycles. The standard InChI is InChI=1S/C24H33N4O3/c1-17(2)13-21(26-24(31)27-11-7-3-4-8-12-27)23(30)28-15-18(14-19(25)16-29)20-9-5-6-10-22(20)28/h5-6,9-10,15,17,19,21H,3-4,7-8,11-14,25H2,1-2H3,(H,26,31)/t19-,21+/m1/s1. The number of amides is 2. The Balaban J connectivity index is 1.88. The molecule has 1 aliphatic heterocycles. The van der Waals surface area contributed by atoms with Crippen molar-refractivity contribution in [2.75, 3.05) is 13.1 Å². The van der Waals surface area contributed by atoms with E-state index in [0.29, 0.717) is 12.8 Å². The maximum Gasteiger partial charge on any atom is 0.318 e. The first-order valence-electron chi connectivity index (χ1n) is 11.2. The fourth-order valence-electron chi connectivity index (χ4n) is 4.25. The quantitative estimate of drug-likeness (QED) is 0.711. The smallest absolute Gasteiger partial charge is 0.318 e. The first kappa shape index (κ1) is 23.0. The number of fused-ring (bicyclic) bond motifs is 1. The molecule has 2 amide bonds. The summed E-state index contributed by atoms with van der Waals surface area (Å²) in [5.74, 6) is 0.0562. The summed E-state index contributed by atoms with van der Waals surface area (Å²) in [5.41, 5.74) is 7.36. The van der Waals surface area contributed by atoms with Crippen molar-refractivity contribution >= 4 is 29.1 Å². The van der Waals surface area contributed by atoms with Crippen molar-refractivity contribution in [2.45, 2.75) is 64.5 Å². The molecule has 0 unspecified atom stereocenters. The van der Waals surface area contributed by atoms with Crippen LogP contribution >= 0.6 is 0 Å². The lowest BCUT2D eigenvalue weighted by molar-refractivity contribution is 0.0849. The summed E-state index contributed by atoms with van der Waals surface area (Å²) in [6, 6.07) is 6.00. The summed E-state index contributed by atoms with van der Waals surface area (Å²) < 4.78 is 1.60. The highest BCUT2D eigenvalue weighted by molar-refractivity contribution is 5.98. The number of para-hydroxylation sites is 1. The normalized spacial score (nSPS) is 16.7. The molecule has 1 aromatic carbocycles. The van der Waals surface area contributed by atoms with E-state index in [2.05, 4.69) is 5.32 Å². The third-order valence-corrected chi connectivity index (χ3v) is 5.82. The number of nitrogens with two attached hydrogens (primary N) is 1. The fraction of sp³-hybridized carbons (Fsp3) is 0.542. The van der Waals surface area contributed by atoms with E-state index in [1.165, 1.54) is 0 Å². The van der Waals surface area contributed by atoms with Crippen LogP contribution in [0.15, 0.2) is 30.5 Å². The van der Waals surface area contributed by atoms with Gasteiger partial charge in [0.1, 0.15) is 6.04 Å². The van der Waals surface area contributed by atoms with Crippen molar-refractivity contribution in [3.05, 3.63) is 36.0 Å². The Morgan fingerprint density at radius 3 is 2.45 bits per heavy atom. The predicted octanol–water partition coefficient (Wildman–Crippen LogP) is 3.26. The molecule has 0 aliphatic carbocycles. The molecule has 0 saturated carbocycles. The monoisotopic (exact) mass is 425 g/mol. The largest absolute Gasteiger partial charge is 0.326 e. The number of aromatic nitrogens is 1. The Bertz CT molecular complexity index is 913. The van der Waals surface area contributed by atoms with Crippen LogP contribution in [0.4, 0.5) is 4.79 Å². The SMILES string of the molecule is CC(C)C[C@H](NC(=O)N1CCCCCC1)C(=O)n1cc(C[C@@H](N)[C]=O)c2ccccc21. The highest BCUT2D eigenvalue weighted by Gasteiger charge is 2.27. The van der Waals surface area contributed by atoms with Crippen LogP contribution < -0.4 is 11.1 Å². The molecule has 1 aromatic heterocycles. The molecular formula is C24H33N4O3. The summed E-state index contributed by atoms with van der Waals surface area (Å²) >= 11 is 0. The molecule has 1 saturated heterocycles. The highest BCUT2D eigenvalue weighted by atomic mass is 16.2. The highest BCUT2D eigenvalue weighted by Crippen LogP contribution is 2.23. The van der Waals surface area contributed by atoms with E-state index in [-0.39, 0.29) is 17.9 Å². The molecule has 7 nitrogen and oxygen atoms in total. The van der Waals surface area contributed by atoms with Crippen molar-refractivity contribution in [1.82, 2.24) is 14.8 Å². The predicted molar refractivity (Wildman–Crippen MR) is 122 cm³/mol. The first-order chi connectivity index (χ1) is 14.9. The zero-order valence-electron chi connectivity index (χ0n) is 18.5. The number of nitrogens with one attached hydrogen (secondary N) is 1. The Morgan fingerprint density at radius 2 is 1.81 bits per heavy atom. The third kappa shape index (κ3) is 5.73. The number of urea groups is 1. The molecule has 31 heavy (non-hydrogen) atoms. The van der Waals surface area contributed by atoms with E-state index in [1.807, 2.05) is 43.0 Å². The molecule has 167 valence electrons.